The predicted molar refractivity (Wildman–Crippen MR) is 63.6 cm³/mol. The summed E-state index contributed by atoms with van der Waals surface area (Å²) in [5.41, 5.74) is -1.35. The smallest absolute Gasteiger partial charge is 0.353 e. The minimum atomic E-state index is -3.27. The molecular weight excluding hydrogens is 254 g/mol. The molecule has 1 N–H and O–H groups in total. The highest BCUT2D eigenvalue weighted by molar-refractivity contribution is 5.86. The Balaban J connectivity index is 1.74. The van der Waals surface area contributed by atoms with Crippen molar-refractivity contribution in [1.82, 2.24) is 0 Å². The first-order chi connectivity index (χ1) is 8.70. The Labute approximate surface area is 111 Å². The Morgan fingerprint density at radius 2 is 1.89 bits per heavy atom. The van der Waals surface area contributed by atoms with E-state index in [1.165, 1.54) is 0 Å². The molecule has 0 radical (unpaired) electrons. The molecule has 19 heavy (non-hydrogen) atoms. The number of rotatable bonds is 4. The highest BCUT2D eigenvalue weighted by Gasteiger charge is 2.59. The number of carbonyl (C=O) groups is 1. The van der Waals surface area contributed by atoms with E-state index in [1.807, 2.05) is 0 Å². The van der Waals surface area contributed by atoms with Gasteiger partial charge in [-0.05, 0) is 50.4 Å². The molecule has 0 spiro atoms. The summed E-state index contributed by atoms with van der Waals surface area (Å²) >= 11 is 0. The first-order valence-electron chi connectivity index (χ1n) is 6.97. The molecule has 4 aliphatic rings. The van der Waals surface area contributed by atoms with Gasteiger partial charge >= 0.3 is 6.11 Å². The normalized spacial score (nSPS) is 44.6. The monoisotopic (exact) mass is 274 g/mol. The van der Waals surface area contributed by atoms with Gasteiger partial charge in [-0.2, -0.15) is 8.78 Å². The van der Waals surface area contributed by atoms with E-state index in [1.54, 1.807) is 0 Å². The van der Waals surface area contributed by atoms with Crippen molar-refractivity contribution < 1.29 is 23.4 Å². The molecule has 4 saturated carbocycles. The highest BCUT2D eigenvalue weighted by Crippen LogP contribution is 2.61. The van der Waals surface area contributed by atoms with Crippen molar-refractivity contribution in [3.05, 3.63) is 0 Å². The highest BCUT2D eigenvalue weighted by atomic mass is 19.3. The number of hydrogen-bond acceptors (Lipinski definition) is 3. The van der Waals surface area contributed by atoms with Gasteiger partial charge in [0.05, 0.1) is 5.60 Å². The average molecular weight is 274 g/mol. The van der Waals surface area contributed by atoms with Gasteiger partial charge in [-0.15, -0.1) is 0 Å². The zero-order valence-corrected chi connectivity index (χ0v) is 11.1. The second kappa shape index (κ2) is 3.98. The maximum absolute atomic E-state index is 12.7. The zero-order valence-electron chi connectivity index (χ0n) is 11.1. The topological polar surface area (TPSA) is 46.5 Å². The summed E-state index contributed by atoms with van der Waals surface area (Å²) in [7, 11) is 0. The van der Waals surface area contributed by atoms with Crippen LogP contribution in [0.15, 0.2) is 0 Å². The fraction of sp³-hybridized carbons (Fsp3) is 0.929. The summed E-state index contributed by atoms with van der Waals surface area (Å²) in [6.45, 7) is 0.104. The van der Waals surface area contributed by atoms with Crippen molar-refractivity contribution in [3.8, 4) is 0 Å². The molecule has 0 aromatic rings. The van der Waals surface area contributed by atoms with E-state index in [-0.39, 0.29) is 5.78 Å². The molecule has 4 fully saturated rings. The molecule has 0 saturated heterocycles. The maximum Gasteiger partial charge on any atom is 0.353 e. The van der Waals surface area contributed by atoms with Gasteiger partial charge in [0, 0.05) is 12.3 Å². The van der Waals surface area contributed by atoms with E-state index in [4.69, 9.17) is 0 Å². The van der Waals surface area contributed by atoms with Crippen LogP contribution >= 0.6 is 0 Å². The maximum atomic E-state index is 12.7. The molecule has 4 rings (SSSR count). The van der Waals surface area contributed by atoms with E-state index in [0.29, 0.717) is 25.2 Å². The Morgan fingerprint density at radius 1 is 1.32 bits per heavy atom. The largest absolute Gasteiger partial charge is 0.390 e. The van der Waals surface area contributed by atoms with Gasteiger partial charge in [0.25, 0.3) is 0 Å². The summed E-state index contributed by atoms with van der Waals surface area (Å²) < 4.78 is 29.8. The summed E-state index contributed by atoms with van der Waals surface area (Å²) in [5.74, 6) is 0.497. The number of halogens is 2. The average Bonchev–Trinajstić information content (AvgIpc) is 2.21. The van der Waals surface area contributed by atoms with Gasteiger partial charge in [-0.25, -0.2) is 0 Å². The molecule has 4 aliphatic carbocycles. The fourth-order valence-electron chi connectivity index (χ4n) is 4.89. The number of carbonyl (C=O) groups excluding carboxylic acids is 1. The van der Waals surface area contributed by atoms with Gasteiger partial charge < -0.3 is 9.84 Å². The molecule has 108 valence electrons. The molecule has 2 atom stereocenters. The first kappa shape index (κ1) is 13.4. The van der Waals surface area contributed by atoms with Crippen LogP contribution in [0.3, 0.4) is 0 Å². The molecule has 0 aliphatic heterocycles. The molecule has 5 heteroatoms. The lowest BCUT2D eigenvalue weighted by Gasteiger charge is -2.59. The quantitative estimate of drug-likeness (QED) is 0.857. The van der Waals surface area contributed by atoms with Crippen LogP contribution in [-0.4, -0.2) is 29.2 Å². The molecule has 0 heterocycles. The standard InChI is InChI=1S/C14H20F2O3/c1-12(15,16)19-7-11(17)13-3-9-2-10(4-13)6-14(18,5-9)8-13/h9-10,18H,2-8H2,1H3. The van der Waals surface area contributed by atoms with Crippen molar-refractivity contribution in [2.75, 3.05) is 6.61 Å². The summed E-state index contributed by atoms with van der Waals surface area (Å²) in [6, 6.07) is 0. The van der Waals surface area contributed by atoms with Gasteiger partial charge in [0.2, 0.25) is 0 Å². The van der Waals surface area contributed by atoms with Crippen LogP contribution in [0.5, 0.6) is 0 Å². The Morgan fingerprint density at radius 3 is 2.37 bits per heavy atom. The molecule has 0 aromatic heterocycles. The third-order valence-corrected chi connectivity index (χ3v) is 5.08. The molecule has 3 nitrogen and oxygen atoms in total. The third-order valence-electron chi connectivity index (χ3n) is 5.08. The van der Waals surface area contributed by atoms with E-state index in [2.05, 4.69) is 4.74 Å². The lowest BCUT2D eigenvalue weighted by molar-refractivity contribution is -0.229. The van der Waals surface area contributed by atoms with Crippen LogP contribution in [0.4, 0.5) is 8.78 Å². The zero-order chi connectivity index (χ0) is 13.9. The van der Waals surface area contributed by atoms with Crippen molar-refractivity contribution in [1.29, 1.82) is 0 Å². The van der Waals surface area contributed by atoms with Crippen LogP contribution in [0.25, 0.3) is 0 Å². The van der Waals surface area contributed by atoms with Crippen LogP contribution in [-0.2, 0) is 9.53 Å². The van der Waals surface area contributed by atoms with E-state index in [0.717, 1.165) is 32.1 Å². The van der Waals surface area contributed by atoms with E-state index >= 15 is 0 Å². The first-order valence-corrected chi connectivity index (χ1v) is 6.97. The number of ketones is 1. The Hall–Kier alpha value is -0.550. The van der Waals surface area contributed by atoms with Crippen molar-refractivity contribution in [2.24, 2.45) is 17.3 Å². The number of Topliss-reactive ketones (excluding diaryl/α,β-unsaturated/α-hetero) is 1. The van der Waals surface area contributed by atoms with Gasteiger partial charge in [-0.1, -0.05) is 0 Å². The minimum absolute atomic E-state index is 0.249. The van der Waals surface area contributed by atoms with Gasteiger partial charge in [-0.3, -0.25) is 4.79 Å². The van der Waals surface area contributed by atoms with Crippen LogP contribution in [0, 0.1) is 17.3 Å². The van der Waals surface area contributed by atoms with Crippen molar-refractivity contribution >= 4 is 5.78 Å². The Bertz CT molecular complexity index is 388. The molecule has 0 aromatic carbocycles. The Kier molecular flexibility index (Phi) is 2.81. The van der Waals surface area contributed by atoms with Crippen LogP contribution in [0.1, 0.15) is 45.4 Å². The van der Waals surface area contributed by atoms with Crippen LogP contribution < -0.4 is 0 Å². The predicted octanol–water partition coefficient (Wildman–Crippen LogP) is 2.52. The summed E-state index contributed by atoms with van der Waals surface area (Å²) in [5, 5.41) is 10.5. The number of aliphatic hydroxyl groups is 1. The van der Waals surface area contributed by atoms with E-state index in [9.17, 15) is 18.7 Å². The lowest BCUT2D eigenvalue weighted by Crippen LogP contribution is -2.58. The molecule has 2 unspecified atom stereocenters. The van der Waals surface area contributed by atoms with Crippen LogP contribution in [0.2, 0.25) is 0 Å². The SMILES string of the molecule is CC(F)(F)OCC(=O)C12CC3CC(CC(O)(C3)C1)C2. The van der Waals surface area contributed by atoms with Crippen molar-refractivity contribution in [3.63, 3.8) is 0 Å². The second-order valence-corrected chi connectivity index (χ2v) is 6.99. The summed E-state index contributed by atoms with van der Waals surface area (Å²) in [4.78, 5) is 12.3. The van der Waals surface area contributed by atoms with Gasteiger partial charge in [0.1, 0.15) is 6.61 Å². The molecule has 4 bridgehead atoms. The number of alkyl halides is 2. The summed E-state index contributed by atoms with van der Waals surface area (Å²) in [6.07, 6.45) is 1.25. The van der Waals surface area contributed by atoms with E-state index < -0.39 is 23.7 Å². The molecular formula is C14H20F2O3. The third kappa shape index (κ3) is 2.42. The minimum Gasteiger partial charge on any atom is -0.390 e. The van der Waals surface area contributed by atoms with Crippen molar-refractivity contribution in [2.45, 2.75) is 57.2 Å². The number of ether oxygens (including phenoxy) is 1. The fourth-order valence-corrected chi connectivity index (χ4v) is 4.89. The molecule has 0 amide bonds. The lowest BCUT2D eigenvalue weighted by atomic mass is 9.47. The van der Waals surface area contributed by atoms with Gasteiger partial charge in [0.15, 0.2) is 5.78 Å². The second-order valence-electron chi connectivity index (χ2n) is 6.99. The number of hydrogen-bond donors (Lipinski definition) is 1.